The average molecular weight is 304 g/mol. The summed E-state index contributed by atoms with van der Waals surface area (Å²) in [6, 6.07) is 10.3. The number of benzene rings is 1. The molecule has 23 heavy (non-hydrogen) atoms. The van der Waals surface area contributed by atoms with Crippen molar-refractivity contribution < 1.29 is 0 Å². The maximum Gasteiger partial charge on any atom is 0.150 e. The minimum absolute atomic E-state index is 0.268. The van der Waals surface area contributed by atoms with E-state index >= 15 is 0 Å². The number of nitrogens with zero attached hydrogens (tertiary/aromatic N) is 6. The number of hydrogen-bond donors (Lipinski definition) is 0. The second-order valence-corrected chi connectivity index (χ2v) is 5.83. The quantitative estimate of drug-likeness (QED) is 0.727. The van der Waals surface area contributed by atoms with Crippen LogP contribution < -0.4 is 4.90 Å². The summed E-state index contributed by atoms with van der Waals surface area (Å²) in [6.07, 6.45) is 4.41. The Kier molecular flexibility index (Phi) is 3.19. The number of hydrogen-bond acceptors (Lipinski definition) is 5. The molecule has 0 saturated carbocycles. The van der Waals surface area contributed by atoms with Crippen LogP contribution in [0, 0.1) is 18.3 Å². The summed E-state index contributed by atoms with van der Waals surface area (Å²) in [6.45, 7) is 3.75. The number of rotatable bonds is 2. The summed E-state index contributed by atoms with van der Waals surface area (Å²) in [5.41, 5.74) is 3.39. The van der Waals surface area contributed by atoms with Crippen LogP contribution in [0.15, 0.2) is 36.7 Å². The summed E-state index contributed by atoms with van der Waals surface area (Å²) in [5, 5.41) is 13.2. The lowest BCUT2D eigenvalue weighted by atomic mass is 10.2. The Balaban J connectivity index is 1.62. The van der Waals surface area contributed by atoms with Crippen LogP contribution in [0.5, 0.6) is 0 Å². The fourth-order valence-corrected chi connectivity index (χ4v) is 3.12. The number of aromatic nitrogens is 4. The first-order valence-electron chi connectivity index (χ1n) is 7.67. The molecule has 3 aromatic rings. The number of anilines is 1. The molecule has 1 aromatic carbocycles. The van der Waals surface area contributed by atoms with Crippen molar-refractivity contribution in [1.82, 2.24) is 19.7 Å². The fourth-order valence-electron chi connectivity index (χ4n) is 3.12. The molecule has 0 radical (unpaired) electrons. The highest BCUT2D eigenvalue weighted by Crippen LogP contribution is 2.28. The predicted octanol–water partition coefficient (Wildman–Crippen LogP) is 2.46. The molecule has 1 unspecified atom stereocenters. The highest BCUT2D eigenvalue weighted by Gasteiger charge is 2.27. The van der Waals surface area contributed by atoms with Crippen molar-refractivity contribution in [2.24, 2.45) is 0 Å². The zero-order valence-electron chi connectivity index (χ0n) is 12.8. The SMILES string of the molecule is Cc1nc2ccccc2nc1N1CCC(n2cc(C#N)cn2)C1. The molecule has 1 fully saturated rings. The van der Waals surface area contributed by atoms with E-state index in [-0.39, 0.29) is 6.04 Å². The maximum atomic E-state index is 8.93. The van der Waals surface area contributed by atoms with E-state index in [1.807, 2.05) is 42.1 Å². The van der Waals surface area contributed by atoms with Gasteiger partial charge in [0.15, 0.2) is 5.82 Å². The van der Waals surface area contributed by atoms with Gasteiger partial charge in [-0.15, -0.1) is 0 Å². The predicted molar refractivity (Wildman–Crippen MR) is 87.1 cm³/mol. The van der Waals surface area contributed by atoms with Gasteiger partial charge in [0.2, 0.25) is 0 Å². The van der Waals surface area contributed by atoms with Gasteiger partial charge in [-0.25, -0.2) is 9.97 Å². The number of nitriles is 1. The third-order valence-corrected chi connectivity index (χ3v) is 4.29. The molecule has 0 spiro atoms. The van der Waals surface area contributed by atoms with Gasteiger partial charge in [0, 0.05) is 19.3 Å². The van der Waals surface area contributed by atoms with Crippen LogP contribution >= 0.6 is 0 Å². The van der Waals surface area contributed by atoms with Gasteiger partial charge in [0.1, 0.15) is 6.07 Å². The lowest BCUT2D eigenvalue weighted by Crippen LogP contribution is -2.23. The van der Waals surface area contributed by atoms with Crippen LogP contribution in [0.4, 0.5) is 5.82 Å². The number of para-hydroxylation sites is 2. The van der Waals surface area contributed by atoms with Gasteiger partial charge in [-0.05, 0) is 25.5 Å². The highest BCUT2D eigenvalue weighted by atomic mass is 15.3. The minimum Gasteiger partial charge on any atom is -0.353 e. The van der Waals surface area contributed by atoms with E-state index in [1.54, 1.807) is 6.20 Å². The van der Waals surface area contributed by atoms with E-state index in [0.717, 1.165) is 42.1 Å². The van der Waals surface area contributed by atoms with Gasteiger partial charge in [0.05, 0.1) is 34.5 Å². The van der Waals surface area contributed by atoms with Crippen LogP contribution in [-0.2, 0) is 0 Å². The maximum absolute atomic E-state index is 8.93. The zero-order chi connectivity index (χ0) is 15.8. The average Bonchev–Trinajstić information content (AvgIpc) is 3.23. The van der Waals surface area contributed by atoms with Gasteiger partial charge in [0.25, 0.3) is 0 Å². The van der Waals surface area contributed by atoms with Crippen LogP contribution in [0.1, 0.15) is 23.7 Å². The van der Waals surface area contributed by atoms with E-state index in [0.29, 0.717) is 5.56 Å². The number of aryl methyl sites for hydroxylation is 1. The molecule has 4 rings (SSSR count). The Morgan fingerprint density at radius 1 is 1.22 bits per heavy atom. The molecule has 1 atom stereocenters. The molecule has 0 N–H and O–H groups in total. The summed E-state index contributed by atoms with van der Waals surface area (Å²) in [4.78, 5) is 11.7. The van der Waals surface area contributed by atoms with Crippen LogP contribution in [0.3, 0.4) is 0 Å². The van der Waals surface area contributed by atoms with Gasteiger partial charge >= 0.3 is 0 Å². The van der Waals surface area contributed by atoms with Crippen molar-refractivity contribution >= 4 is 16.9 Å². The summed E-state index contributed by atoms with van der Waals surface area (Å²) < 4.78 is 1.89. The Labute approximate surface area is 134 Å². The lowest BCUT2D eigenvalue weighted by molar-refractivity contribution is 0.494. The molecule has 3 heterocycles. The Morgan fingerprint density at radius 3 is 2.74 bits per heavy atom. The summed E-state index contributed by atoms with van der Waals surface area (Å²) >= 11 is 0. The standard InChI is InChI=1S/C17H16N6/c1-12-17(21-16-5-3-2-4-15(16)20-12)22-7-6-14(11-22)23-10-13(8-18)9-19-23/h2-5,9-10,14H,6-7,11H2,1H3. The monoisotopic (exact) mass is 304 g/mol. The van der Waals surface area contributed by atoms with Gasteiger partial charge in [-0.2, -0.15) is 10.4 Å². The first-order valence-corrected chi connectivity index (χ1v) is 7.67. The normalized spacial score (nSPS) is 17.6. The van der Waals surface area contributed by atoms with Crippen molar-refractivity contribution in [3.8, 4) is 6.07 Å². The van der Waals surface area contributed by atoms with E-state index in [9.17, 15) is 0 Å². The van der Waals surface area contributed by atoms with Gasteiger partial charge in [-0.1, -0.05) is 12.1 Å². The molecule has 0 aliphatic carbocycles. The van der Waals surface area contributed by atoms with E-state index in [2.05, 4.69) is 21.1 Å². The van der Waals surface area contributed by atoms with E-state index in [1.165, 1.54) is 0 Å². The van der Waals surface area contributed by atoms with E-state index in [4.69, 9.17) is 10.2 Å². The topological polar surface area (TPSA) is 70.6 Å². The molecule has 114 valence electrons. The van der Waals surface area contributed by atoms with Crippen molar-refractivity contribution in [2.75, 3.05) is 18.0 Å². The Hall–Kier alpha value is -2.94. The third-order valence-electron chi connectivity index (χ3n) is 4.29. The Morgan fingerprint density at radius 2 is 2.00 bits per heavy atom. The molecule has 1 aliphatic heterocycles. The second kappa shape index (κ2) is 5.36. The lowest BCUT2D eigenvalue weighted by Gasteiger charge is -2.19. The molecule has 1 saturated heterocycles. The van der Waals surface area contributed by atoms with Crippen molar-refractivity contribution in [3.63, 3.8) is 0 Å². The highest BCUT2D eigenvalue weighted by molar-refractivity contribution is 5.76. The van der Waals surface area contributed by atoms with Crippen molar-refractivity contribution in [1.29, 1.82) is 5.26 Å². The molecule has 0 amide bonds. The van der Waals surface area contributed by atoms with Gasteiger partial charge in [-0.3, -0.25) is 4.68 Å². The molecule has 6 nitrogen and oxygen atoms in total. The molecular formula is C17H16N6. The van der Waals surface area contributed by atoms with Gasteiger partial charge < -0.3 is 4.90 Å². The number of fused-ring (bicyclic) bond motifs is 1. The summed E-state index contributed by atoms with van der Waals surface area (Å²) in [7, 11) is 0. The van der Waals surface area contributed by atoms with Crippen molar-refractivity contribution in [2.45, 2.75) is 19.4 Å². The molecule has 1 aliphatic rings. The first-order chi connectivity index (χ1) is 11.2. The van der Waals surface area contributed by atoms with Crippen LogP contribution in [0.2, 0.25) is 0 Å². The smallest absolute Gasteiger partial charge is 0.150 e. The van der Waals surface area contributed by atoms with Crippen molar-refractivity contribution in [3.05, 3.63) is 47.9 Å². The molecule has 6 heteroatoms. The van der Waals surface area contributed by atoms with E-state index < -0.39 is 0 Å². The molecule has 2 aromatic heterocycles. The van der Waals surface area contributed by atoms with Crippen LogP contribution in [0.25, 0.3) is 11.0 Å². The molecular weight excluding hydrogens is 288 g/mol. The van der Waals surface area contributed by atoms with Crippen LogP contribution in [-0.4, -0.2) is 32.8 Å². The first kappa shape index (κ1) is 13.7. The Bertz CT molecular complexity index is 907. The second-order valence-electron chi connectivity index (χ2n) is 5.83. The zero-order valence-corrected chi connectivity index (χ0v) is 12.8. The largest absolute Gasteiger partial charge is 0.353 e. The minimum atomic E-state index is 0.268. The molecule has 0 bridgehead atoms. The fraction of sp³-hybridized carbons (Fsp3) is 0.294. The third kappa shape index (κ3) is 2.40. The summed E-state index contributed by atoms with van der Waals surface area (Å²) in [5.74, 6) is 0.943.